The number of piperazine rings is 1. The van der Waals surface area contributed by atoms with Crippen LogP contribution in [0, 0.1) is 0 Å². The summed E-state index contributed by atoms with van der Waals surface area (Å²) < 4.78 is 5.67. The Bertz CT molecular complexity index is 415. The van der Waals surface area contributed by atoms with Crippen LogP contribution >= 0.6 is 0 Å². The van der Waals surface area contributed by atoms with Crippen LogP contribution < -0.4 is 4.74 Å². The standard InChI is InChI=1S/C16H24N2O2/c1-17-8-10-18(11-9-17)7-2-3-12-20-16-6-4-5-15(13-16)14-19/h4-6,13-14H,2-3,7-12H2,1H3. The quantitative estimate of drug-likeness (QED) is 0.562. The molecule has 0 unspecified atom stereocenters. The van der Waals surface area contributed by atoms with Crippen molar-refractivity contribution in [3.05, 3.63) is 29.8 Å². The van der Waals surface area contributed by atoms with Crippen LogP contribution in [0.2, 0.25) is 0 Å². The molecule has 2 rings (SSSR count). The molecule has 4 nitrogen and oxygen atoms in total. The number of hydrogen-bond donors (Lipinski definition) is 0. The molecule has 1 aromatic carbocycles. The highest BCUT2D eigenvalue weighted by molar-refractivity contribution is 5.75. The highest BCUT2D eigenvalue weighted by Gasteiger charge is 2.12. The summed E-state index contributed by atoms with van der Waals surface area (Å²) in [6.45, 7) is 6.59. The minimum atomic E-state index is 0.667. The van der Waals surface area contributed by atoms with Crippen molar-refractivity contribution < 1.29 is 9.53 Å². The first-order valence-corrected chi connectivity index (χ1v) is 7.37. The molecule has 0 bridgehead atoms. The summed E-state index contributed by atoms with van der Waals surface area (Å²) in [5.41, 5.74) is 0.667. The summed E-state index contributed by atoms with van der Waals surface area (Å²) in [6, 6.07) is 7.32. The number of aldehydes is 1. The van der Waals surface area contributed by atoms with Gasteiger partial charge in [0.05, 0.1) is 6.61 Å². The SMILES string of the molecule is CN1CCN(CCCCOc2cccc(C=O)c2)CC1. The van der Waals surface area contributed by atoms with Gasteiger partial charge in [-0.05, 0) is 38.6 Å². The molecule has 4 heteroatoms. The molecule has 1 saturated heterocycles. The molecular weight excluding hydrogens is 252 g/mol. The number of carbonyl (C=O) groups excluding carboxylic acids is 1. The van der Waals surface area contributed by atoms with Crippen LogP contribution in [0.5, 0.6) is 5.75 Å². The maximum absolute atomic E-state index is 10.7. The lowest BCUT2D eigenvalue weighted by Gasteiger charge is -2.32. The topological polar surface area (TPSA) is 32.8 Å². The van der Waals surface area contributed by atoms with Crippen LogP contribution in [0.1, 0.15) is 23.2 Å². The van der Waals surface area contributed by atoms with Gasteiger partial charge < -0.3 is 14.5 Å². The zero-order chi connectivity index (χ0) is 14.2. The summed E-state index contributed by atoms with van der Waals surface area (Å²) in [6.07, 6.45) is 3.06. The molecule has 1 fully saturated rings. The van der Waals surface area contributed by atoms with Crippen molar-refractivity contribution in [2.24, 2.45) is 0 Å². The maximum atomic E-state index is 10.7. The van der Waals surface area contributed by atoms with Crippen molar-refractivity contribution in [1.82, 2.24) is 9.80 Å². The molecule has 0 radical (unpaired) electrons. The average Bonchev–Trinajstić information content (AvgIpc) is 2.49. The van der Waals surface area contributed by atoms with E-state index in [1.807, 2.05) is 12.1 Å². The molecule has 0 N–H and O–H groups in total. The fourth-order valence-electron chi connectivity index (χ4n) is 2.38. The van der Waals surface area contributed by atoms with E-state index < -0.39 is 0 Å². The molecule has 1 aliphatic heterocycles. The highest BCUT2D eigenvalue weighted by Crippen LogP contribution is 2.12. The van der Waals surface area contributed by atoms with Gasteiger partial charge in [0.15, 0.2) is 0 Å². The van der Waals surface area contributed by atoms with Crippen LogP contribution in [-0.2, 0) is 0 Å². The summed E-state index contributed by atoms with van der Waals surface area (Å²) in [5.74, 6) is 0.786. The van der Waals surface area contributed by atoms with E-state index in [0.29, 0.717) is 5.56 Å². The van der Waals surface area contributed by atoms with Gasteiger partial charge in [-0.3, -0.25) is 4.79 Å². The van der Waals surface area contributed by atoms with Crippen molar-refractivity contribution in [2.75, 3.05) is 46.4 Å². The van der Waals surface area contributed by atoms with Gasteiger partial charge in [0.2, 0.25) is 0 Å². The lowest BCUT2D eigenvalue weighted by molar-refractivity contribution is 0.112. The van der Waals surface area contributed by atoms with Crippen LogP contribution in [0.25, 0.3) is 0 Å². The zero-order valence-corrected chi connectivity index (χ0v) is 12.3. The first kappa shape index (κ1) is 15.0. The Morgan fingerprint density at radius 3 is 2.75 bits per heavy atom. The number of hydrogen-bond acceptors (Lipinski definition) is 4. The second kappa shape index (κ2) is 8.02. The van der Waals surface area contributed by atoms with E-state index in [1.165, 1.54) is 26.2 Å². The minimum absolute atomic E-state index is 0.667. The number of likely N-dealkylation sites (N-methyl/N-ethyl adjacent to an activating group) is 1. The number of rotatable bonds is 7. The molecule has 20 heavy (non-hydrogen) atoms. The maximum Gasteiger partial charge on any atom is 0.150 e. The van der Waals surface area contributed by atoms with Gasteiger partial charge in [0.25, 0.3) is 0 Å². The Balaban J connectivity index is 1.58. The third-order valence-electron chi connectivity index (χ3n) is 3.73. The molecule has 0 aliphatic carbocycles. The fourth-order valence-corrected chi connectivity index (χ4v) is 2.38. The van der Waals surface area contributed by atoms with E-state index in [0.717, 1.165) is 38.0 Å². The smallest absolute Gasteiger partial charge is 0.150 e. The molecule has 0 aromatic heterocycles. The number of carbonyl (C=O) groups is 1. The van der Waals surface area contributed by atoms with Crippen molar-refractivity contribution in [3.63, 3.8) is 0 Å². The first-order chi connectivity index (χ1) is 9.78. The molecule has 1 aromatic rings. The molecule has 1 aliphatic rings. The van der Waals surface area contributed by atoms with Crippen molar-refractivity contribution in [3.8, 4) is 5.75 Å². The first-order valence-electron chi connectivity index (χ1n) is 7.37. The van der Waals surface area contributed by atoms with Gasteiger partial charge >= 0.3 is 0 Å². The third kappa shape index (κ3) is 4.94. The normalized spacial score (nSPS) is 17.1. The monoisotopic (exact) mass is 276 g/mol. The van der Waals surface area contributed by atoms with Gasteiger partial charge in [-0.2, -0.15) is 0 Å². The average molecular weight is 276 g/mol. The van der Waals surface area contributed by atoms with Gasteiger partial charge in [-0.1, -0.05) is 12.1 Å². The molecule has 1 heterocycles. The molecule has 0 saturated carbocycles. The summed E-state index contributed by atoms with van der Waals surface area (Å²) in [7, 11) is 2.18. The second-order valence-corrected chi connectivity index (χ2v) is 5.39. The lowest BCUT2D eigenvalue weighted by atomic mass is 10.2. The fraction of sp³-hybridized carbons (Fsp3) is 0.562. The molecule has 0 atom stereocenters. The van der Waals surface area contributed by atoms with Gasteiger partial charge in [0.1, 0.15) is 12.0 Å². The summed E-state index contributed by atoms with van der Waals surface area (Å²) in [4.78, 5) is 15.6. The molecule has 0 spiro atoms. The second-order valence-electron chi connectivity index (χ2n) is 5.39. The summed E-state index contributed by atoms with van der Waals surface area (Å²) in [5, 5.41) is 0. The number of ether oxygens (including phenoxy) is 1. The Morgan fingerprint density at radius 2 is 2.00 bits per heavy atom. The molecule has 110 valence electrons. The van der Waals surface area contributed by atoms with Crippen molar-refractivity contribution in [2.45, 2.75) is 12.8 Å². The molecular formula is C16H24N2O2. The van der Waals surface area contributed by atoms with E-state index >= 15 is 0 Å². The third-order valence-corrected chi connectivity index (χ3v) is 3.73. The van der Waals surface area contributed by atoms with E-state index in [4.69, 9.17) is 4.74 Å². The Kier molecular flexibility index (Phi) is 6.02. The van der Waals surface area contributed by atoms with E-state index in [2.05, 4.69) is 16.8 Å². The largest absolute Gasteiger partial charge is 0.494 e. The van der Waals surface area contributed by atoms with Gasteiger partial charge in [-0.15, -0.1) is 0 Å². The van der Waals surface area contributed by atoms with Crippen LogP contribution in [0.3, 0.4) is 0 Å². The Labute approximate surface area is 121 Å². The van der Waals surface area contributed by atoms with Crippen molar-refractivity contribution >= 4 is 6.29 Å². The van der Waals surface area contributed by atoms with Crippen LogP contribution in [-0.4, -0.2) is 62.5 Å². The van der Waals surface area contributed by atoms with E-state index in [-0.39, 0.29) is 0 Å². The predicted molar refractivity (Wildman–Crippen MR) is 80.5 cm³/mol. The number of unbranched alkanes of at least 4 members (excludes halogenated alkanes) is 1. The van der Waals surface area contributed by atoms with Crippen LogP contribution in [0.4, 0.5) is 0 Å². The highest BCUT2D eigenvalue weighted by atomic mass is 16.5. The molecule has 0 amide bonds. The minimum Gasteiger partial charge on any atom is -0.494 e. The van der Waals surface area contributed by atoms with E-state index in [9.17, 15) is 4.79 Å². The van der Waals surface area contributed by atoms with Gasteiger partial charge in [-0.25, -0.2) is 0 Å². The Hall–Kier alpha value is -1.39. The Morgan fingerprint density at radius 1 is 1.20 bits per heavy atom. The number of benzene rings is 1. The summed E-state index contributed by atoms with van der Waals surface area (Å²) >= 11 is 0. The van der Waals surface area contributed by atoms with Gasteiger partial charge in [0, 0.05) is 31.7 Å². The zero-order valence-electron chi connectivity index (χ0n) is 12.3. The van der Waals surface area contributed by atoms with Crippen LogP contribution in [0.15, 0.2) is 24.3 Å². The lowest BCUT2D eigenvalue weighted by Crippen LogP contribution is -2.44. The number of nitrogens with zero attached hydrogens (tertiary/aromatic N) is 2. The van der Waals surface area contributed by atoms with E-state index in [1.54, 1.807) is 12.1 Å². The van der Waals surface area contributed by atoms with Crippen molar-refractivity contribution in [1.29, 1.82) is 0 Å². The predicted octanol–water partition coefficient (Wildman–Crippen LogP) is 1.91.